The van der Waals surface area contributed by atoms with E-state index >= 15 is 0 Å². The normalized spacial score (nSPS) is 21.9. The molecule has 0 spiro atoms. The van der Waals surface area contributed by atoms with Crippen molar-refractivity contribution < 1.29 is 23.5 Å². The first kappa shape index (κ1) is 22.1. The van der Waals surface area contributed by atoms with Gasteiger partial charge in [0.25, 0.3) is 0 Å². The Bertz CT molecular complexity index is 462. The molecule has 1 heterocycles. The minimum absolute atomic E-state index is 0.261. The summed E-state index contributed by atoms with van der Waals surface area (Å²) in [6.07, 6.45) is -0.358. The van der Waals surface area contributed by atoms with Gasteiger partial charge in [-0.15, -0.1) is 0 Å². The number of carbonyl (C=O) groups is 2. The number of nitrogens with zero attached hydrogens (tertiary/aromatic N) is 1. The molecule has 0 aromatic rings. The Hall–Kier alpha value is -0.923. The molecule has 0 N–H and O–H groups in total. The van der Waals surface area contributed by atoms with Gasteiger partial charge in [-0.2, -0.15) is 0 Å². The molecular formula is C18H35NO5Si. The summed E-state index contributed by atoms with van der Waals surface area (Å²) in [5.74, 6) is 0. The van der Waals surface area contributed by atoms with E-state index in [-0.39, 0.29) is 6.61 Å². The molecular weight excluding hydrogens is 338 g/mol. The summed E-state index contributed by atoms with van der Waals surface area (Å²) in [4.78, 5) is 26.1. The van der Waals surface area contributed by atoms with Gasteiger partial charge in [-0.1, -0.05) is 20.8 Å². The topological polar surface area (TPSA) is 65.1 Å². The van der Waals surface area contributed by atoms with Gasteiger partial charge in [0.15, 0.2) is 8.32 Å². The van der Waals surface area contributed by atoms with Crippen LogP contribution in [0.2, 0.25) is 18.1 Å². The lowest BCUT2D eigenvalue weighted by molar-refractivity contribution is -0.117. The van der Waals surface area contributed by atoms with Crippen molar-refractivity contribution >= 4 is 20.7 Å². The van der Waals surface area contributed by atoms with E-state index in [0.29, 0.717) is 0 Å². The zero-order valence-corrected chi connectivity index (χ0v) is 18.0. The minimum Gasteiger partial charge on any atom is -0.444 e. The highest BCUT2D eigenvalue weighted by molar-refractivity contribution is 6.73. The molecule has 1 fully saturated rings. The van der Waals surface area contributed by atoms with E-state index in [1.807, 2.05) is 34.6 Å². The van der Waals surface area contributed by atoms with Crippen LogP contribution in [0.5, 0.6) is 0 Å². The zero-order chi connectivity index (χ0) is 19.5. The zero-order valence-electron chi connectivity index (χ0n) is 17.0. The van der Waals surface area contributed by atoms with Gasteiger partial charge in [-0.25, -0.2) is 4.79 Å². The highest BCUT2D eigenvalue weighted by Crippen LogP contribution is 2.33. The van der Waals surface area contributed by atoms with Gasteiger partial charge in [-0.05, 0) is 52.8 Å². The highest BCUT2D eigenvalue weighted by Gasteiger charge is 2.50. The third kappa shape index (κ3) is 5.28. The molecule has 1 amide bonds. The highest BCUT2D eigenvalue weighted by atomic mass is 28.4. The van der Waals surface area contributed by atoms with Crippen LogP contribution in [0, 0.1) is 0 Å². The van der Waals surface area contributed by atoms with Gasteiger partial charge in [0.05, 0.1) is 12.6 Å². The third-order valence-electron chi connectivity index (χ3n) is 4.94. The van der Waals surface area contributed by atoms with Crippen molar-refractivity contribution in [3.8, 4) is 0 Å². The van der Waals surface area contributed by atoms with E-state index < -0.39 is 37.9 Å². The molecule has 1 aliphatic heterocycles. The molecule has 7 heteroatoms. The standard InChI is InChI=1S/C18H35NO5Si/c1-9-25(10-2,11-3)24-15(12-20)14-13-22-18(7,8)19(14)16(21)23-17(4,5)6/h12,14-15H,9-11,13H2,1-8H3. The second kappa shape index (κ2) is 8.18. The summed E-state index contributed by atoms with van der Waals surface area (Å²) in [5.41, 5.74) is -1.46. The summed E-state index contributed by atoms with van der Waals surface area (Å²) in [7, 11) is -1.99. The van der Waals surface area contributed by atoms with Gasteiger partial charge >= 0.3 is 6.09 Å². The maximum absolute atomic E-state index is 12.7. The van der Waals surface area contributed by atoms with E-state index in [4.69, 9.17) is 13.9 Å². The maximum atomic E-state index is 12.7. The van der Waals surface area contributed by atoms with E-state index in [1.54, 1.807) is 0 Å². The van der Waals surface area contributed by atoms with Crippen LogP contribution in [0.4, 0.5) is 4.79 Å². The number of ether oxygens (including phenoxy) is 2. The molecule has 0 aromatic heterocycles. The third-order valence-corrected chi connectivity index (χ3v) is 9.58. The fourth-order valence-corrected chi connectivity index (χ4v) is 6.02. The largest absolute Gasteiger partial charge is 0.444 e. The molecule has 0 radical (unpaired) electrons. The van der Waals surface area contributed by atoms with Crippen LogP contribution in [0.3, 0.4) is 0 Å². The van der Waals surface area contributed by atoms with E-state index in [0.717, 1.165) is 24.4 Å². The van der Waals surface area contributed by atoms with Crippen molar-refractivity contribution in [2.24, 2.45) is 0 Å². The first-order valence-electron chi connectivity index (χ1n) is 9.24. The molecule has 1 saturated heterocycles. The van der Waals surface area contributed by atoms with Gasteiger partial charge < -0.3 is 18.7 Å². The monoisotopic (exact) mass is 373 g/mol. The SMILES string of the molecule is CC[Si](CC)(CC)OC(C=O)C1COC(C)(C)N1C(=O)OC(C)(C)C. The van der Waals surface area contributed by atoms with Crippen molar-refractivity contribution in [3.63, 3.8) is 0 Å². The van der Waals surface area contributed by atoms with Crippen molar-refractivity contribution in [2.45, 2.75) is 97.0 Å². The molecule has 2 atom stereocenters. The van der Waals surface area contributed by atoms with Gasteiger partial charge in [0.1, 0.15) is 23.7 Å². The van der Waals surface area contributed by atoms with Crippen molar-refractivity contribution in [1.82, 2.24) is 4.90 Å². The van der Waals surface area contributed by atoms with Crippen LogP contribution in [-0.2, 0) is 18.7 Å². The summed E-state index contributed by atoms with van der Waals surface area (Å²) >= 11 is 0. The second-order valence-corrected chi connectivity index (χ2v) is 12.9. The molecule has 2 unspecified atom stereocenters. The van der Waals surface area contributed by atoms with Gasteiger partial charge in [0.2, 0.25) is 0 Å². The van der Waals surface area contributed by atoms with Crippen LogP contribution < -0.4 is 0 Å². The van der Waals surface area contributed by atoms with Crippen LogP contribution in [0.1, 0.15) is 55.4 Å². The Morgan fingerprint density at radius 1 is 1.28 bits per heavy atom. The summed E-state index contributed by atoms with van der Waals surface area (Å²) in [6, 6.07) is 2.34. The van der Waals surface area contributed by atoms with Crippen molar-refractivity contribution in [3.05, 3.63) is 0 Å². The van der Waals surface area contributed by atoms with Crippen LogP contribution in [0.25, 0.3) is 0 Å². The van der Waals surface area contributed by atoms with Gasteiger partial charge in [0, 0.05) is 0 Å². The lowest BCUT2D eigenvalue weighted by Gasteiger charge is -2.39. The molecule has 146 valence electrons. The molecule has 1 aliphatic rings. The predicted molar refractivity (Wildman–Crippen MR) is 100 cm³/mol. The number of carbonyl (C=O) groups excluding carboxylic acids is 2. The predicted octanol–water partition coefficient (Wildman–Crippen LogP) is 3.95. The maximum Gasteiger partial charge on any atom is 0.413 e. The fraction of sp³-hybridized carbons (Fsp3) is 0.889. The molecule has 0 aliphatic carbocycles. The average molecular weight is 374 g/mol. The lowest BCUT2D eigenvalue weighted by atomic mass is 10.1. The van der Waals surface area contributed by atoms with E-state index in [9.17, 15) is 9.59 Å². The van der Waals surface area contributed by atoms with Crippen molar-refractivity contribution in [1.29, 1.82) is 0 Å². The van der Waals surface area contributed by atoms with E-state index in [2.05, 4.69) is 20.8 Å². The van der Waals surface area contributed by atoms with Crippen LogP contribution in [0.15, 0.2) is 0 Å². The van der Waals surface area contributed by atoms with Crippen molar-refractivity contribution in [2.75, 3.05) is 6.61 Å². The molecule has 6 nitrogen and oxygen atoms in total. The summed E-state index contributed by atoms with van der Waals surface area (Å²) in [5, 5.41) is 0. The number of aldehydes is 1. The smallest absolute Gasteiger partial charge is 0.413 e. The summed E-state index contributed by atoms with van der Waals surface area (Å²) < 4.78 is 17.7. The molecule has 0 bridgehead atoms. The Labute approximate surface area is 153 Å². The second-order valence-electron chi connectivity index (χ2n) is 8.14. The Morgan fingerprint density at radius 2 is 1.80 bits per heavy atom. The number of amides is 1. The van der Waals surface area contributed by atoms with Gasteiger partial charge in [-0.3, -0.25) is 4.90 Å². The molecule has 0 aromatic carbocycles. The molecule has 25 heavy (non-hydrogen) atoms. The van der Waals surface area contributed by atoms with Crippen LogP contribution in [-0.4, -0.2) is 55.7 Å². The summed E-state index contributed by atoms with van der Waals surface area (Å²) in [6.45, 7) is 15.7. The quantitative estimate of drug-likeness (QED) is 0.499. The number of rotatable bonds is 7. The van der Waals surface area contributed by atoms with Crippen LogP contribution >= 0.6 is 0 Å². The molecule has 0 saturated carbocycles. The number of hydrogen-bond acceptors (Lipinski definition) is 5. The average Bonchev–Trinajstić information content (AvgIpc) is 2.83. The Kier molecular flexibility index (Phi) is 7.24. The Morgan fingerprint density at radius 3 is 2.20 bits per heavy atom. The Balaban J connectivity index is 3.09. The molecule has 1 rings (SSSR count). The lowest BCUT2D eigenvalue weighted by Crippen LogP contribution is -2.56. The first-order chi connectivity index (χ1) is 11.4. The number of hydrogen-bond donors (Lipinski definition) is 0. The minimum atomic E-state index is -1.99. The fourth-order valence-electron chi connectivity index (χ4n) is 3.23. The first-order valence-corrected chi connectivity index (χ1v) is 11.8. The van der Waals surface area contributed by atoms with E-state index in [1.165, 1.54) is 4.90 Å².